The van der Waals surface area contributed by atoms with E-state index in [0.29, 0.717) is 6.61 Å². The summed E-state index contributed by atoms with van der Waals surface area (Å²) in [7, 11) is 0. The van der Waals surface area contributed by atoms with Gasteiger partial charge in [-0.2, -0.15) is 0 Å². The zero-order valence-corrected chi connectivity index (χ0v) is 11.9. The van der Waals surface area contributed by atoms with Crippen molar-refractivity contribution in [3.63, 3.8) is 0 Å². The molecule has 4 heteroatoms. The third-order valence-corrected chi connectivity index (χ3v) is 3.08. The summed E-state index contributed by atoms with van der Waals surface area (Å²) >= 11 is 0. The molecule has 4 nitrogen and oxygen atoms in total. The molecule has 1 N–H and O–H groups in total. The maximum Gasteiger partial charge on any atom is 0.212 e. The van der Waals surface area contributed by atoms with Crippen LogP contribution in [0, 0.1) is 0 Å². The molecule has 0 aliphatic rings. The predicted molar refractivity (Wildman–Crippen MR) is 84.5 cm³/mol. The van der Waals surface area contributed by atoms with E-state index in [0.717, 1.165) is 23.1 Å². The standard InChI is InChI=1S/C17H17N3O/c1-2-21-16-10-6-9-15(13-16)20-12-11-18-17(20)19-14-7-4-3-5-8-14/h3-13H,2H2,1H3,(H,18,19). The van der Waals surface area contributed by atoms with Crippen LogP contribution in [0.3, 0.4) is 0 Å². The third-order valence-electron chi connectivity index (χ3n) is 3.08. The van der Waals surface area contributed by atoms with Crippen LogP contribution < -0.4 is 10.1 Å². The van der Waals surface area contributed by atoms with Crippen LogP contribution in [0.15, 0.2) is 67.0 Å². The topological polar surface area (TPSA) is 39.1 Å². The van der Waals surface area contributed by atoms with Crippen LogP contribution in [-0.2, 0) is 0 Å². The molecule has 0 atom stereocenters. The van der Waals surface area contributed by atoms with Crippen molar-refractivity contribution in [1.82, 2.24) is 9.55 Å². The van der Waals surface area contributed by atoms with Gasteiger partial charge < -0.3 is 10.1 Å². The highest BCUT2D eigenvalue weighted by atomic mass is 16.5. The molecule has 21 heavy (non-hydrogen) atoms. The van der Waals surface area contributed by atoms with Crippen LogP contribution in [0.2, 0.25) is 0 Å². The fraction of sp³-hybridized carbons (Fsp3) is 0.118. The van der Waals surface area contributed by atoms with Gasteiger partial charge in [-0.25, -0.2) is 4.98 Å². The molecule has 0 unspecified atom stereocenters. The number of para-hydroxylation sites is 1. The summed E-state index contributed by atoms with van der Waals surface area (Å²) in [5.74, 6) is 1.63. The summed E-state index contributed by atoms with van der Waals surface area (Å²) in [6.45, 7) is 2.63. The molecular weight excluding hydrogens is 262 g/mol. The average molecular weight is 279 g/mol. The Balaban J connectivity index is 1.90. The number of nitrogens with one attached hydrogen (secondary N) is 1. The number of hydrogen-bond acceptors (Lipinski definition) is 3. The summed E-state index contributed by atoms with van der Waals surface area (Å²) in [5.41, 5.74) is 2.02. The lowest BCUT2D eigenvalue weighted by atomic mass is 10.3. The molecule has 3 aromatic rings. The molecule has 0 aliphatic heterocycles. The quantitative estimate of drug-likeness (QED) is 0.767. The van der Waals surface area contributed by atoms with Gasteiger partial charge in [-0.1, -0.05) is 24.3 Å². The average Bonchev–Trinajstić information content (AvgIpc) is 2.97. The Labute approximate surface area is 124 Å². The second kappa shape index (κ2) is 6.13. The normalized spacial score (nSPS) is 10.3. The molecule has 0 fully saturated rings. The highest BCUT2D eigenvalue weighted by Crippen LogP contribution is 2.22. The molecule has 106 valence electrons. The monoisotopic (exact) mass is 279 g/mol. The van der Waals surface area contributed by atoms with Crippen LogP contribution in [0.1, 0.15) is 6.92 Å². The van der Waals surface area contributed by atoms with Crippen molar-refractivity contribution in [2.75, 3.05) is 11.9 Å². The molecule has 1 aromatic heterocycles. The minimum atomic E-state index is 0.655. The Morgan fingerprint density at radius 3 is 2.76 bits per heavy atom. The highest BCUT2D eigenvalue weighted by molar-refractivity contribution is 5.56. The van der Waals surface area contributed by atoms with E-state index in [-0.39, 0.29) is 0 Å². The van der Waals surface area contributed by atoms with Gasteiger partial charge in [0.15, 0.2) is 0 Å². The molecule has 0 saturated carbocycles. The lowest BCUT2D eigenvalue weighted by molar-refractivity contribution is 0.340. The second-order valence-electron chi connectivity index (χ2n) is 4.54. The lowest BCUT2D eigenvalue weighted by Crippen LogP contribution is -2.01. The number of nitrogens with zero attached hydrogens (tertiary/aromatic N) is 2. The Kier molecular flexibility index (Phi) is 3.87. The van der Waals surface area contributed by atoms with E-state index in [9.17, 15) is 0 Å². The second-order valence-corrected chi connectivity index (χ2v) is 4.54. The van der Waals surface area contributed by atoms with E-state index in [1.807, 2.05) is 72.3 Å². The Bertz CT molecular complexity index is 707. The van der Waals surface area contributed by atoms with Gasteiger partial charge in [0.25, 0.3) is 0 Å². The van der Waals surface area contributed by atoms with Gasteiger partial charge in [0.2, 0.25) is 5.95 Å². The summed E-state index contributed by atoms with van der Waals surface area (Å²) < 4.78 is 7.54. The number of hydrogen-bond donors (Lipinski definition) is 1. The number of anilines is 2. The van der Waals surface area contributed by atoms with Crippen LogP contribution >= 0.6 is 0 Å². The van der Waals surface area contributed by atoms with Gasteiger partial charge in [0, 0.05) is 24.1 Å². The molecule has 0 spiro atoms. The first-order valence-electron chi connectivity index (χ1n) is 6.95. The zero-order chi connectivity index (χ0) is 14.5. The summed E-state index contributed by atoms with van der Waals surface area (Å²) in [6, 6.07) is 18.0. The van der Waals surface area contributed by atoms with Crippen molar-refractivity contribution >= 4 is 11.6 Å². The molecule has 3 rings (SSSR count). The summed E-state index contributed by atoms with van der Waals surface area (Å²) in [6.07, 6.45) is 3.70. The Morgan fingerprint density at radius 2 is 1.95 bits per heavy atom. The SMILES string of the molecule is CCOc1cccc(-n2ccnc2Nc2ccccc2)c1. The van der Waals surface area contributed by atoms with Crippen molar-refractivity contribution < 1.29 is 4.74 Å². The first-order chi connectivity index (χ1) is 10.4. The van der Waals surface area contributed by atoms with Gasteiger partial charge in [0.1, 0.15) is 5.75 Å². The first kappa shape index (κ1) is 13.2. The van der Waals surface area contributed by atoms with E-state index in [2.05, 4.69) is 10.3 Å². The van der Waals surface area contributed by atoms with Gasteiger partial charge in [-0.15, -0.1) is 0 Å². The van der Waals surface area contributed by atoms with Gasteiger partial charge in [-0.3, -0.25) is 4.57 Å². The van der Waals surface area contributed by atoms with E-state index in [4.69, 9.17) is 4.74 Å². The zero-order valence-electron chi connectivity index (χ0n) is 11.9. The molecule has 1 heterocycles. The van der Waals surface area contributed by atoms with E-state index in [1.165, 1.54) is 0 Å². The Hall–Kier alpha value is -2.75. The molecule has 0 amide bonds. The van der Waals surface area contributed by atoms with Crippen LogP contribution in [0.5, 0.6) is 5.75 Å². The lowest BCUT2D eigenvalue weighted by Gasteiger charge is -2.11. The van der Waals surface area contributed by atoms with Crippen molar-refractivity contribution in [1.29, 1.82) is 0 Å². The fourth-order valence-corrected chi connectivity index (χ4v) is 2.14. The molecular formula is C17H17N3O. The van der Waals surface area contributed by atoms with Crippen molar-refractivity contribution in [3.8, 4) is 11.4 Å². The van der Waals surface area contributed by atoms with Crippen LogP contribution in [0.25, 0.3) is 5.69 Å². The van der Waals surface area contributed by atoms with Crippen LogP contribution in [-0.4, -0.2) is 16.2 Å². The molecule has 0 radical (unpaired) electrons. The predicted octanol–water partition coefficient (Wildman–Crippen LogP) is 4.01. The highest BCUT2D eigenvalue weighted by Gasteiger charge is 2.06. The summed E-state index contributed by atoms with van der Waals surface area (Å²) in [4.78, 5) is 4.37. The third kappa shape index (κ3) is 3.05. The number of aromatic nitrogens is 2. The molecule has 0 bridgehead atoms. The largest absolute Gasteiger partial charge is 0.494 e. The Morgan fingerprint density at radius 1 is 1.10 bits per heavy atom. The number of benzene rings is 2. The molecule has 2 aromatic carbocycles. The molecule has 0 saturated heterocycles. The van der Waals surface area contributed by atoms with E-state index < -0.39 is 0 Å². The van der Waals surface area contributed by atoms with Crippen molar-refractivity contribution in [2.24, 2.45) is 0 Å². The van der Waals surface area contributed by atoms with Gasteiger partial charge in [0.05, 0.1) is 12.3 Å². The number of rotatable bonds is 5. The fourth-order valence-electron chi connectivity index (χ4n) is 2.14. The maximum atomic E-state index is 5.55. The van der Waals surface area contributed by atoms with Gasteiger partial charge >= 0.3 is 0 Å². The van der Waals surface area contributed by atoms with E-state index >= 15 is 0 Å². The number of imidazole rings is 1. The van der Waals surface area contributed by atoms with Crippen LogP contribution in [0.4, 0.5) is 11.6 Å². The minimum Gasteiger partial charge on any atom is -0.494 e. The summed E-state index contributed by atoms with van der Waals surface area (Å²) in [5, 5.41) is 3.31. The maximum absolute atomic E-state index is 5.55. The smallest absolute Gasteiger partial charge is 0.212 e. The van der Waals surface area contributed by atoms with Gasteiger partial charge in [-0.05, 0) is 31.2 Å². The minimum absolute atomic E-state index is 0.655. The molecule has 0 aliphatic carbocycles. The van der Waals surface area contributed by atoms with Crippen molar-refractivity contribution in [3.05, 3.63) is 67.0 Å². The first-order valence-corrected chi connectivity index (χ1v) is 6.95. The number of ether oxygens (including phenoxy) is 1. The van der Waals surface area contributed by atoms with Crippen molar-refractivity contribution in [2.45, 2.75) is 6.92 Å². The van der Waals surface area contributed by atoms with E-state index in [1.54, 1.807) is 6.20 Å².